The Labute approximate surface area is 165 Å². The lowest BCUT2D eigenvalue weighted by atomic mass is 9.98. The van der Waals surface area contributed by atoms with Crippen LogP contribution in [0.25, 0.3) is 11.4 Å². The summed E-state index contributed by atoms with van der Waals surface area (Å²) in [4.78, 5) is 4.53. The van der Waals surface area contributed by atoms with Gasteiger partial charge in [-0.1, -0.05) is 11.2 Å². The van der Waals surface area contributed by atoms with Crippen molar-refractivity contribution in [3.8, 4) is 22.9 Å². The van der Waals surface area contributed by atoms with E-state index in [-0.39, 0.29) is 12.7 Å². The third kappa shape index (κ3) is 3.07. The molecule has 4 heterocycles. The van der Waals surface area contributed by atoms with Gasteiger partial charge in [0.25, 0.3) is 10.0 Å². The Kier molecular flexibility index (Phi) is 4.33. The lowest BCUT2D eigenvalue weighted by Gasteiger charge is -2.29. The maximum atomic E-state index is 12.6. The summed E-state index contributed by atoms with van der Waals surface area (Å²) in [6.45, 7) is 1.09. The third-order valence-electron chi connectivity index (χ3n) is 4.96. The van der Waals surface area contributed by atoms with Crippen LogP contribution in [0.5, 0.6) is 11.5 Å². The molecule has 0 N–H and O–H groups in total. The fraction of sp³-hybridized carbons (Fsp3) is 0.333. The van der Waals surface area contributed by atoms with Crippen molar-refractivity contribution in [2.45, 2.75) is 23.0 Å². The second-order valence-electron chi connectivity index (χ2n) is 6.63. The molecule has 8 nitrogen and oxygen atoms in total. The van der Waals surface area contributed by atoms with Crippen molar-refractivity contribution in [3.63, 3.8) is 0 Å². The number of benzene rings is 1. The highest BCUT2D eigenvalue weighted by Gasteiger charge is 2.32. The van der Waals surface area contributed by atoms with Crippen molar-refractivity contribution < 1.29 is 22.4 Å². The summed E-state index contributed by atoms with van der Waals surface area (Å²) >= 11 is 1.24. The zero-order valence-corrected chi connectivity index (χ0v) is 16.4. The van der Waals surface area contributed by atoms with E-state index in [1.165, 1.54) is 15.6 Å². The molecule has 0 amide bonds. The van der Waals surface area contributed by atoms with Gasteiger partial charge in [-0.15, -0.1) is 11.3 Å². The number of ether oxygens (including phenoxy) is 2. The third-order valence-corrected chi connectivity index (χ3v) is 8.24. The van der Waals surface area contributed by atoms with Gasteiger partial charge in [0.1, 0.15) is 4.21 Å². The van der Waals surface area contributed by atoms with E-state index >= 15 is 0 Å². The second-order valence-corrected chi connectivity index (χ2v) is 9.75. The monoisotopic (exact) mass is 419 g/mol. The van der Waals surface area contributed by atoms with Crippen LogP contribution in [0.4, 0.5) is 0 Å². The van der Waals surface area contributed by atoms with E-state index in [4.69, 9.17) is 14.0 Å². The number of piperidine rings is 1. The van der Waals surface area contributed by atoms with E-state index in [1.807, 2.05) is 18.2 Å². The van der Waals surface area contributed by atoms with E-state index in [9.17, 15) is 8.42 Å². The van der Waals surface area contributed by atoms with Crippen molar-refractivity contribution in [3.05, 3.63) is 41.6 Å². The molecule has 0 atom stereocenters. The summed E-state index contributed by atoms with van der Waals surface area (Å²) in [5.74, 6) is 2.44. The first kappa shape index (κ1) is 17.7. The van der Waals surface area contributed by atoms with Crippen LogP contribution in [0.2, 0.25) is 0 Å². The SMILES string of the molecule is O=S(=O)(c1cccs1)N1CCC(c2nc(-c3ccc4c(c3)OCO4)no2)CC1. The number of rotatable bonds is 4. The van der Waals surface area contributed by atoms with Crippen LogP contribution < -0.4 is 9.47 Å². The molecule has 1 saturated heterocycles. The van der Waals surface area contributed by atoms with Crippen LogP contribution in [0.15, 0.2) is 44.4 Å². The number of aromatic nitrogens is 2. The van der Waals surface area contributed by atoms with Gasteiger partial charge >= 0.3 is 0 Å². The van der Waals surface area contributed by atoms with Crippen molar-refractivity contribution in [2.24, 2.45) is 0 Å². The molecule has 28 heavy (non-hydrogen) atoms. The minimum absolute atomic E-state index is 0.0463. The largest absolute Gasteiger partial charge is 0.454 e. The summed E-state index contributed by atoms with van der Waals surface area (Å²) in [7, 11) is -3.41. The summed E-state index contributed by atoms with van der Waals surface area (Å²) < 4.78 is 43.4. The van der Waals surface area contributed by atoms with E-state index in [2.05, 4.69) is 10.1 Å². The van der Waals surface area contributed by atoms with Crippen molar-refractivity contribution in [2.75, 3.05) is 19.9 Å². The summed E-state index contributed by atoms with van der Waals surface area (Å²) in [5, 5.41) is 5.86. The standard InChI is InChI=1S/C18H17N3O5S2/c22-28(23,16-2-1-9-27-16)21-7-5-12(6-8-21)18-19-17(20-26-18)13-3-4-14-15(10-13)25-11-24-14/h1-4,9-10,12H,5-8,11H2. The fourth-order valence-corrected chi connectivity index (χ4v) is 6.05. The Hall–Kier alpha value is -2.43. The molecule has 3 aromatic rings. The van der Waals surface area contributed by atoms with E-state index in [0.717, 1.165) is 5.56 Å². The molecule has 0 radical (unpaired) electrons. The van der Waals surface area contributed by atoms with Gasteiger partial charge in [-0.2, -0.15) is 9.29 Å². The van der Waals surface area contributed by atoms with Crippen molar-refractivity contribution >= 4 is 21.4 Å². The molecule has 1 fully saturated rings. The zero-order valence-electron chi connectivity index (χ0n) is 14.8. The van der Waals surface area contributed by atoms with Crippen LogP contribution >= 0.6 is 11.3 Å². The van der Waals surface area contributed by atoms with Gasteiger partial charge in [0, 0.05) is 24.6 Å². The predicted octanol–water partition coefficient (Wildman–Crippen LogP) is 3.10. The quantitative estimate of drug-likeness (QED) is 0.641. The minimum atomic E-state index is -3.41. The number of nitrogens with zero attached hydrogens (tertiary/aromatic N) is 3. The van der Waals surface area contributed by atoms with Gasteiger partial charge in [-0.25, -0.2) is 8.42 Å². The number of thiophene rings is 1. The highest BCUT2D eigenvalue weighted by Crippen LogP contribution is 2.36. The van der Waals surface area contributed by atoms with Crippen LogP contribution in [0, 0.1) is 0 Å². The van der Waals surface area contributed by atoms with Gasteiger partial charge < -0.3 is 14.0 Å². The average molecular weight is 419 g/mol. The molecule has 0 spiro atoms. The zero-order chi connectivity index (χ0) is 19.1. The molecule has 2 aliphatic rings. The summed E-state index contributed by atoms with van der Waals surface area (Å²) in [6.07, 6.45) is 1.29. The molecule has 5 rings (SSSR count). The number of hydrogen-bond donors (Lipinski definition) is 0. The van der Waals surface area contributed by atoms with Gasteiger partial charge in [0.2, 0.25) is 18.5 Å². The average Bonchev–Trinajstić information content (AvgIpc) is 3.49. The van der Waals surface area contributed by atoms with Crippen molar-refractivity contribution in [1.29, 1.82) is 0 Å². The van der Waals surface area contributed by atoms with Crippen LogP contribution in [0.1, 0.15) is 24.7 Å². The van der Waals surface area contributed by atoms with Crippen LogP contribution in [0.3, 0.4) is 0 Å². The first-order chi connectivity index (χ1) is 13.6. The Balaban J connectivity index is 1.29. The number of hydrogen-bond acceptors (Lipinski definition) is 8. The first-order valence-electron chi connectivity index (χ1n) is 8.88. The second kappa shape index (κ2) is 6.87. The van der Waals surface area contributed by atoms with E-state index in [1.54, 1.807) is 17.5 Å². The van der Waals surface area contributed by atoms with Gasteiger partial charge in [0.05, 0.1) is 0 Å². The van der Waals surface area contributed by atoms with Crippen LogP contribution in [-0.2, 0) is 10.0 Å². The number of fused-ring (bicyclic) bond motifs is 1. The van der Waals surface area contributed by atoms with Gasteiger partial charge in [-0.3, -0.25) is 0 Å². The Morgan fingerprint density at radius 2 is 1.93 bits per heavy atom. The topological polar surface area (TPSA) is 94.8 Å². The Bertz CT molecular complexity index is 1090. The van der Waals surface area contributed by atoms with Crippen molar-refractivity contribution in [1.82, 2.24) is 14.4 Å². The normalized spacial score (nSPS) is 17.9. The lowest BCUT2D eigenvalue weighted by molar-refractivity contribution is 0.174. The number of sulfonamides is 1. The Morgan fingerprint density at radius 1 is 1.11 bits per heavy atom. The molecule has 146 valence electrons. The molecule has 0 bridgehead atoms. The molecule has 0 unspecified atom stereocenters. The van der Waals surface area contributed by atoms with E-state index in [0.29, 0.717) is 53.4 Å². The highest BCUT2D eigenvalue weighted by atomic mass is 32.2. The molecule has 0 aliphatic carbocycles. The summed E-state index contributed by atoms with van der Waals surface area (Å²) in [5.41, 5.74) is 0.789. The first-order valence-corrected chi connectivity index (χ1v) is 11.2. The van der Waals surface area contributed by atoms with Gasteiger partial charge in [-0.05, 0) is 42.5 Å². The maximum absolute atomic E-state index is 12.6. The molecular weight excluding hydrogens is 402 g/mol. The molecule has 10 heteroatoms. The van der Waals surface area contributed by atoms with Crippen LogP contribution in [-0.4, -0.2) is 42.7 Å². The molecule has 2 aromatic heterocycles. The van der Waals surface area contributed by atoms with E-state index < -0.39 is 10.0 Å². The molecule has 0 saturated carbocycles. The minimum Gasteiger partial charge on any atom is -0.454 e. The maximum Gasteiger partial charge on any atom is 0.252 e. The highest BCUT2D eigenvalue weighted by molar-refractivity contribution is 7.91. The smallest absolute Gasteiger partial charge is 0.252 e. The Morgan fingerprint density at radius 3 is 2.71 bits per heavy atom. The van der Waals surface area contributed by atoms with Gasteiger partial charge in [0.15, 0.2) is 11.5 Å². The summed E-state index contributed by atoms with van der Waals surface area (Å²) in [6, 6.07) is 8.90. The molecule has 1 aromatic carbocycles. The fourth-order valence-electron chi connectivity index (χ4n) is 3.43. The molecule has 2 aliphatic heterocycles. The lowest BCUT2D eigenvalue weighted by Crippen LogP contribution is -2.37. The predicted molar refractivity (Wildman–Crippen MR) is 101 cm³/mol. The molecular formula is C18H17N3O5S2.